The summed E-state index contributed by atoms with van der Waals surface area (Å²) in [6.07, 6.45) is 0.234. The van der Waals surface area contributed by atoms with Crippen LogP contribution in [0.25, 0.3) is 0 Å². The molecule has 0 radical (unpaired) electrons. The third kappa shape index (κ3) is 4.05. The van der Waals surface area contributed by atoms with E-state index in [1.54, 1.807) is 0 Å². The minimum absolute atomic E-state index is 0.0928. The smallest absolute Gasteiger partial charge is 0.390 e. The predicted octanol–water partition coefficient (Wildman–Crippen LogP) is 1.48. The Hall–Kier alpha value is -0.963. The lowest BCUT2D eigenvalue weighted by molar-refractivity contribution is 0.226. The van der Waals surface area contributed by atoms with E-state index < -0.39 is 32.1 Å². The van der Waals surface area contributed by atoms with E-state index in [0.717, 1.165) is 0 Å². The van der Waals surface area contributed by atoms with Gasteiger partial charge in [-0.3, -0.25) is 0 Å². The molecule has 1 aromatic carbocycles. The average molecular weight is 284 g/mol. The average Bonchev–Trinajstić information content (AvgIpc) is 2.26. The van der Waals surface area contributed by atoms with Crippen LogP contribution >= 0.6 is 0 Å². The van der Waals surface area contributed by atoms with Crippen molar-refractivity contribution in [1.29, 1.82) is 0 Å². The molecule has 0 heterocycles. The summed E-state index contributed by atoms with van der Waals surface area (Å²) in [7, 11) is -4.14. The number of hydrogen-bond acceptors (Lipinski definition) is 3. The fourth-order valence-electron chi connectivity index (χ4n) is 1.48. The Balaban J connectivity index is 2.64. The van der Waals surface area contributed by atoms with Gasteiger partial charge in [-0.2, -0.15) is 0 Å². The zero-order valence-corrected chi connectivity index (χ0v) is 10.3. The van der Waals surface area contributed by atoms with Crippen molar-refractivity contribution in [2.24, 2.45) is 0 Å². The fourth-order valence-corrected chi connectivity index (χ4v) is 2.21. The molecular formula is C10H12F4O3Si. The van der Waals surface area contributed by atoms with Gasteiger partial charge in [0.15, 0.2) is 23.3 Å². The second-order valence-corrected chi connectivity index (χ2v) is 5.99. The van der Waals surface area contributed by atoms with Gasteiger partial charge in [0.2, 0.25) is 0 Å². The predicted molar refractivity (Wildman–Crippen MR) is 56.4 cm³/mol. The first-order valence-electron chi connectivity index (χ1n) is 5.21. The summed E-state index contributed by atoms with van der Waals surface area (Å²) in [6, 6.07) is 0.316. The van der Waals surface area contributed by atoms with Crippen LogP contribution in [0.3, 0.4) is 0 Å². The number of unbranched alkanes of at least 4 members (excludes halogenated alkanes) is 1. The second kappa shape index (κ2) is 5.78. The Bertz CT molecular complexity index is 434. The highest BCUT2D eigenvalue weighted by atomic mass is 28.4. The highest BCUT2D eigenvalue weighted by Gasteiger charge is 2.25. The van der Waals surface area contributed by atoms with E-state index >= 15 is 0 Å². The van der Waals surface area contributed by atoms with Gasteiger partial charge < -0.3 is 14.4 Å². The monoisotopic (exact) mass is 284 g/mol. The number of aryl methyl sites for hydroxylation is 1. The molecule has 0 aromatic heterocycles. The number of rotatable bonds is 5. The van der Waals surface area contributed by atoms with Gasteiger partial charge in [0.1, 0.15) is 0 Å². The van der Waals surface area contributed by atoms with Gasteiger partial charge in [0, 0.05) is 6.04 Å². The molecule has 0 saturated heterocycles. The zero-order chi connectivity index (χ0) is 13.9. The first-order valence-corrected chi connectivity index (χ1v) is 7.26. The molecule has 3 N–H and O–H groups in total. The quantitative estimate of drug-likeness (QED) is 0.252. The lowest BCUT2D eigenvalue weighted by Gasteiger charge is -2.09. The second-order valence-electron chi connectivity index (χ2n) is 3.94. The van der Waals surface area contributed by atoms with Crippen LogP contribution < -0.4 is 0 Å². The minimum Gasteiger partial charge on any atom is -0.390 e. The van der Waals surface area contributed by atoms with Gasteiger partial charge >= 0.3 is 8.80 Å². The molecule has 0 aliphatic carbocycles. The summed E-state index contributed by atoms with van der Waals surface area (Å²) in [5, 5.41) is 0. The molecular weight excluding hydrogens is 272 g/mol. The molecule has 18 heavy (non-hydrogen) atoms. The summed E-state index contributed by atoms with van der Waals surface area (Å²) < 4.78 is 51.5. The Kier molecular flexibility index (Phi) is 4.85. The Morgan fingerprint density at radius 2 is 1.50 bits per heavy atom. The first-order chi connectivity index (χ1) is 8.22. The molecule has 0 saturated carbocycles. The highest BCUT2D eigenvalue weighted by molar-refractivity contribution is 6.56. The summed E-state index contributed by atoms with van der Waals surface area (Å²) in [5.74, 6) is -6.64. The van der Waals surface area contributed by atoms with Crippen molar-refractivity contribution in [1.82, 2.24) is 0 Å². The maximum atomic E-state index is 13.2. The first kappa shape index (κ1) is 15.1. The number of halogens is 4. The molecule has 0 atom stereocenters. The molecule has 0 bridgehead atoms. The van der Waals surface area contributed by atoms with E-state index in [1.165, 1.54) is 0 Å². The summed E-state index contributed by atoms with van der Waals surface area (Å²) in [4.78, 5) is 26.1. The van der Waals surface area contributed by atoms with Crippen molar-refractivity contribution < 1.29 is 31.9 Å². The van der Waals surface area contributed by atoms with Crippen molar-refractivity contribution in [3.8, 4) is 0 Å². The van der Waals surface area contributed by atoms with E-state index in [1.807, 2.05) is 0 Å². The van der Waals surface area contributed by atoms with Gasteiger partial charge in [-0.15, -0.1) is 0 Å². The molecule has 0 aliphatic rings. The molecule has 0 unspecified atom stereocenters. The van der Waals surface area contributed by atoms with Crippen LogP contribution in [-0.2, 0) is 6.42 Å². The van der Waals surface area contributed by atoms with E-state index in [0.29, 0.717) is 6.07 Å². The maximum absolute atomic E-state index is 13.2. The van der Waals surface area contributed by atoms with E-state index in [4.69, 9.17) is 14.4 Å². The van der Waals surface area contributed by atoms with E-state index in [9.17, 15) is 17.6 Å². The molecule has 1 rings (SSSR count). The Morgan fingerprint density at radius 3 is 2.06 bits per heavy atom. The summed E-state index contributed by atoms with van der Waals surface area (Å²) in [6.45, 7) is 0. The van der Waals surface area contributed by atoms with Crippen molar-refractivity contribution in [3.63, 3.8) is 0 Å². The number of hydrogen-bond donors (Lipinski definition) is 3. The Labute approximate surface area is 102 Å². The van der Waals surface area contributed by atoms with E-state index in [-0.39, 0.29) is 30.9 Å². The summed E-state index contributed by atoms with van der Waals surface area (Å²) in [5.41, 5.74) is -0.326. The zero-order valence-electron chi connectivity index (χ0n) is 9.26. The van der Waals surface area contributed by atoms with Crippen LogP contribution in [-0.4, -0.2) is 23.2 Å². The normalized spacial score (nSPS) is 11.9. The highest BCUT2D eigenvalue weighted by Crippen LogP contribution is 2.20. The summed E-state index contributed by atoms with van der Waals surface area (Å²) >= 11 is 0. The van der Waals surface area contributed by atoms with Crippen LogP contribution in [0, 0.1) is 23.3 Å². The molecule has 0 aliphatic heterocycles. The largest absolute Gasteiger partial charge is 0.492 e. The van der Waals surface area contributed by atoms with Crippen LogP contribution in [0.4, 0.5) is 17.6 Å². The maximum Gasteiger partial charge on any atom is 0.492 e. The molecule has 8 heteroatoms. The van der Waals surface area contributed by atoms with Crippen LogP contribution in [0.5, 0.6) is 0 Å². The van der Waals surface area contributed by atoms with Crippen molar-refractivity contribution in [2.75, 3.05) is 0 Å². The van der Waals surface area contributed by atoms with Crippen LogP contribution in [0.15, 0.2) is 6.07 Å². The third-order valence-corrected chi connectivity index (χ3v) is 3.41. The van der Waals surface area contributed by atoms with Crippen molar-refractivity contribution in [3.05, 3.63) is 34.9 Å². The van der Waals surface area contributed by atoms with Crippen LogP contribution in [0.1, 0.15) is 18.4 Å². The van der Waals surface area contributed by atoms with Crippen LogP contribution in [0.2, 0.25) is 6.04 Å². The van der Waals surface area contributed by atoms with Gasteiger partial charge in [0.25, 0.3) is 0 Å². The lowest BCUT2D eigenvalue weighted by atomic mass is 10.1. The minimum atomic E-state index is -4.14. The van der Waals surface area contributed by atoms with E-state index in [2.05, 4.69) is 0 Å². The standard InChI is InChI=1S/C10H12F4O3Si/c11-7-5-6(8(12)10(14)9(7)13)3-1-2-4-18(15,16)17/h5,15-17H,1-4H2. The third-order valence-electron chi connectivity index (χ3n) is 2.39. The number of benzene rings is 1. The topological polar surface area (TPSA) is 60.7 Å². The molecule has 0 spiro atoms. The van der Waals surface area contributed by atoms with Crippen molar-refractivity contribution >= 4 is 8.80 Å². The molecule has 102 valence electrons. The molecule has 3 nitrogen and oxygen atoms in total. The molecule has 0 amide bonds. The van der Waals surface area contributed by atoms with Crippen molar-refractivity contribution in [2.45, 2.75) is 25.3 Å². The van der Waals surface area contributed by atoms with Gasteiger partial charge in [-0.1, -0.05) is 0 Å². The SMILES string of the molecule is O[Si](O)(O)CCCCc1cc(F)c(F)c(F)c1F. The Morgan fingerprint density at radius 1 is 0.889 bits per heavy atom. The van der Waals surface area contributed by atoms with Gasteiger partial charge in [0.05, 0.1) is 0 Å². The lowest BCUT2D eigenvalue weighted by Crippen LogP contribution is -2.34. The fraction of sp³-hybridized carbons (Fsp3) is 0.400. The van der Waals surface area contributed by atoms with Gasteiger partial charge in [-0.05, 0) is 30.9 Å². The molecule has 1 aromatic rings. The van der Waals surface area contributed by atoms with Gasteiger partial charge in [-0.25, -0.2) is 17.6 Å². The molecule has 0 fully saturated rings.